The van der Waals surface area contributed by atoms with Gasteiger partial charge in [-0.05, 0) is 49.4 Å². The number of phenols is 1. The highest BCUT2D eigenvalue weighted by atomic mass is 35.5. The molecule has 6 nitrogen and oxygen atoms in total. The second-order valence-corrected chi connectivity index (χ2v) is 5.24. The Hall–Kier alpha value is -2.73. The molecule has 7 heteroatoms. The molecule has 0 aromatic heterocycles. The molecule has 0 unspecified atom stereocenters. The Balaban J connectivity index is 1.80. The summed E-state index contributed by atoms with van der Waals surface area (Å²) in [6.07, 6.45) is 1.33. The van der Waals surface area contributed by atoms with Crippen LogP contribution in [0.25, 0.3) is 0 Å². The number of hydrogen-bond acceptors (Lipinski definition) is 5. The Labute approximate surface area is 145 Å². The molecule has 2 rings (SSSR count). The minimum atomic E-state index is -0.318. The minimum Gasteiger partial charge on any atom is -0.507 e. The third-order valence-corrected chi connectivity index (χ3v) is 3.24. The molecule has 0 spiro atoms. The van der Waals surface area contributed by atoms with Crippen LogP contribution in [0.3, 0.4) is 0 Å². The second kappa shape index (κ2) is 8.79. The highest BCUT2D eigenvalue weighted by Crippen LogP contribution is 2.19. The minimum absolute atomic E-state index is 0.0323. The number of benzene rings is 2. The number of hydrogen-bond donors (Lipinski definition) is 3. The fourth-order valence-electron chi connectivity index (χ4n) is 1.86. The van der Waals surface area contributed by atoms with E-state index in [1.807, 2.05) is 31.2 Å². The maximum atomic E-state index is 11.7. The van der Waals surface area contributed by atoms with Crippen LogP contribution in [0, 0.1) is 0 Å². The van der Waals surface area contributed by atoms with Crippen LogP contribution in [0.1, 0.15) is 12.5 Å². The number of phenolic OH excluding ortho intramolecular Hbond substituents is 1. The molecule has 0 aliphatic carbocycles. The lowest BCUT2D eigenvalue weighted by atomic mass is 10.2. The van der Waals surface area contributed by atoms with E-state index < -0.39 is 0 Å². The first kappa shape index (κ1) is 17.6. The molecule has 0 radical (unpaired) electrons. The molecule has 0 saturated heterocycles. The van der Waals surface area contributed by atoms with Gasteiger partial charge in [0.1, 0.15) is 11.5 Å². The Bertz CT molecular complexity index is 718. The molecular weight excluding hydrogens is 330 g/mol. The third kappa shape index (κ3) is 5.48. The van der Waals surface area contributed by atoms with Crippen LogP contribution in [0.15, 0.2) is 47.6 Å². The van der Waals surface area contributed by atoms with E-state index in [4.69, 9.17) is 16.3 Å². The average molecular weight is 348 g/mol. The lowest BCUT2D eigenvalue weighted by Crippen LogP contribution is -2.25. The van der Waals surface area contributed by atoms with Crippen LogP contribution in [0.5, 0.6) is 11.5 Å². The lowest BCUT2D eigenvalue weighted by molar-refractivity contribution is -0.119. The fourth-order valence-corrected chi connectivity index (χ4v) is 2.04. The van der Waals surface area contributed by atoms with Crippen molar-refractivity contribution in [2.45, 2.75) is 6.92 Å². The van der Waals surface area contributed by atoms with Crippen molar-refractivity contribution in [2.75, 3.05) is 18.5 Å². The summed E-state index contributed by atoms with van der Waals surface area (Å²) < 4.78 is 5.34. The van der Waals surface area contributed by atoms with Crippen LogP contribution in [-0.4, -0.2) is 30.4 Å². The van der Waals surface area contributed by atoms with Gasteiger partial charge in [-0.1, -0.05) is 11.6 Å². The van der Waals surface area contributed by atoms with Gasteiger partial charge in [0.2, 0.25) is 0 Å². The zero-order chi connectivity index (χ0) is 17.4. The van der Waals surface area contributed by atoms with Crippen molar-refractivity contribution in [1.82, 2.24) is 5.43 Å². The molecule has 3 N–H and O–H groups in total. The fraction of sp³-hybridized carbons (Fsp3) is 0.176. The number of ether oxygens (including phenoxy) is 1. The number of hydrazone groups is 1. The van der Waals surface area contributed by atoms with Crippen LogP contribution in [-0.2, 0) is 4.79 Å². The first-order valence-corrected chi connectivity index (χ1v) is 7.73. The van der Waals surface area contributed by atoms with Gasteiger partial charge < -0.3 is 15.2 Å². The number of carbonyl (C=O) groups is 1. The van der Waals surface area contributed by atoms with E-state index in [0.717, 1.165) is 11.4 Å². The van der Waals surface area contributed by atoms with Gasteiger partial charge in [0, 0.05) is 16.3 Å². The number of nitrogens with zero attached hydrogens (tertiary/aromatic N) is 1. The predicted octanol–water partition coefficient (Wildman–Crippen LogP) is 3.01. The largest absolute Gasteiger partial charge is 0.507 e. The Morgan fingerprint density at radius 2 is 2.04 bits per heavy atom. The zero-order valence-electron chi connectivity index (χ0n) is 13.1. The van der Waals surface area contributed by atoms with E-state index in [1.54, 1.807) is 12.1 Å². The number of rotatable bonds is 7. The van der Waals surface area contributed by atoms with E-state index in [9.17, 15) is 9.90 Å². The van der Waals surface area contributed by atoms with Gasteiger partial charge in [-0.3, -0.25) is 4.79 Å². The SMILES string of the molecule is CCOc1ccc(NCC(=O)NN=Cc2cc(Cl)ccc2O)cc1. The van der Waals surface area contributed by atoms with Gasteiger partial charge in [-0.2, -0.15) is 5.10 Å². The van der Waals surface area contributed by atoms with E-state index >= 15 is 0 Å². The summed E-state index contributed by atoms with van der Waals surface area (Å²) in [4.78, 5) is 11.7. The van der Waals surface area contributed by atoms with Gasteiger partial charge in [-0.15, -0.1) is 0 Å². The maximum Gasteiger partial charge on any atom is 0.259 e. The Morgan fingerprint density at radius 3 is 2.75 bits per heavy atom. The second-order valence-electron chi connectivity index (χ2n) is 4.81. The van der Waals surface area contributed by atoms with Crippen LogP contribution in [0.4, 0.5) is 5.69 Å². The van der Waals surface area contributed by atoms with Gasteiger partial charge in [-0.25, -0.2) is 5.43 Å². The summed E-state index contributed by atoms with van der Waals surface area (Å²) in [6.45, 7) is 2.59. The molecule has 0 atom stereocenters. The van der Waals surface area contributed by atoms with Gasteiger partial charge in [0.15, 0.2) is 0 Å². The van der Waals surface area contributed by atoms with Gasteiger partial charge in [0.25, 0.3) is 5.91 Å². The summed E-state index contributed by atoms with van der Waals surface area (Å²) in [5.41, 5.74) is 3.58. The van der Waals surface area contributed by atoms with Gasteiger partial charge in [0.05, 0.1) is 19.4 Å². The number of aromatic hydroxyl groups is 1. The molecule has 0 fully saturated rings. The van der Waals surface area contributed by atoms with Crippen molar-refractivity contribution in [3.05, 3.63) is 53.1 Å². The Kier molecular flexibility index (Phi) is 6.45. The van der Waals surface area contributed by atoms with Crippen molar-refractivity contribution in [1.29, 1.82) is 0 Å². The summed E-state index contributed by atoms with van der Waals surface area (Å²) in [6, 6.07) is 11.9. The van der Waals surface area contributed by atoms with Crippen molar-refractivity contribution in [2.24, 2.45) is 5.10 Å². The molecule has 2 aromatic carbocycles. The number of nitrogens with one attached hydrogen (secondary N) is 2. The van der Waals surface area contributed by atoms with Crippen LogP contribution in [0.2, 0.25) is 5.02 Å². The maximum absolute atomic E-state index is 11.7. The topological polar surface area (TPSA) is 83.0 Å². The molecular formula is C17H18ClN3O3. The molecule has 24 heavy (non-hydrogen) atoms. The average Bonchev–Trinajstić information content (AvgIpc) is 2.58. The molecule has 0 heterocycles. The van der Waals surface area contributed by atoms with E-state index in [-0.39, 0.29) is 18.2 Å². The summed E-state index contributed by atoms with van der Waals surface area (Å²) >= 11 is 5.83. The highest BCUT2D eigenvalue weighted by molar-refractivity contribution is 6.30. The molecule has 0 aliphatic heterocycles. The molecule has 2 aromatic rings. The normalized spacial score (nSPS) is 10.6. The molecule has 0 saturated carbocycles. The lowest BCUT2D eigenvalue weighted by Gasteiger charge is -2.07. The number of anilines is 1. The van der Waals surface area contributed by atoms with Crippen molar-refractivity contribution in [3.8, 4) is 11.5 Å². The quantitative estimate of drug-likeness (QED) is 0.531. The first-order valence-electron chi connectivity index (χ1n) is 7.35. The van der Waals surface area contributed by atoms with Crippen LogP contribution < -0.4 is 15.5 Å². The third-order valence-electron chi connectivity index (χ3n) is 3.00. The molecule has 1 amide bonds. The summed E-state index contributed by atoms with van der Waals surface area (Å²) in [7, 11) is 0. The standard InChI is InChI=1S/C17H18ClN3O3/c1-2-24-15-6-4-14(5-7-15)19-11-17(23)21-20-10-12-9-13(18)3-8-16(12)22/h3-10,19,22H,2,11H2,1H3,(H,21,23). The zero-order valence-corrected chi connectivity index (χ0v) is 13.9. The monoisotopic (exact) mass is 347 g/mol. The van der Waals surface area contributed by atoms with Crippen molar-refractivity contribution >= 4 is 29.4 Å². The molecule has 0 aliphatic rings. The number of amides is 1. The summed E-state index contributed by atoms with van der Waals surface area (Å²) in [5.74, 6) is 0.491. The van der Waals surface area contributed by atoms with E-state index in [0.29, 0.717) is 17.2 Å². The van der Waals surface area contributed by atoms with Crippen molar-refractivity contribution in [3.63, 3.8) is 0 Å². The molecule has 0 bridgehead atoms. The first-order chi connectivity index (χ1) is 11.6. The van der Waals surface area contributed by atoms with E-state index in [1.165, 1.54) is 12.3 Å². The molecule has 126 valence electrons. The van der Waals surface area contributed by atoms with Gasteiger partial charge >= 0.3 is 0 Å². The summed E-state index contributed by atoms with van der Waals surface area (Å²) in [5, 5.41) is 16.9. The number of halogens is 1. The number of carbonyl (C=O) groups excluding carboxylic acids is 1. The van der Waals surface area contributed by atoms with E-state index in [2.05, 4.69) is 15.8 Å². The van der Waals surface area contributed by atoms with Crippen molar-refractivity contribution < 1.29 is 14.6 Å². The highest BCUT2D eigenvalue weighted by Gasteiger charge is 2.02. The predicted molar refractivity (Wildman–Crippen MR) is 95.0 cm³/mol. The Morgan fingerprint density at radius 1 is 1.29 bits per heavy atom. The smallest absolute Gasteiger partial charge is 0.259 e. The van der Waals surface area contributed by atoms with Crippen LogP contribution >= 0.6 is 11.6 Å².